The van der Waals surface area contributed by atoms with E-state index in [1.807, 2.05) is 12.1 Å². The van der Waals surface area contributed by atoms with E-state index in [9.17, 15) is 4.79 Å². The number of hydrogen-bond donors (Lipinski definition) is 1. The third-order valence-electron chi connectivity index (χ3n) is 3.32. The number of hydrogen-bond acceptors (Lipinski definition) is 3. The predicted octanol–water partition coefficient (Wildman–Crippen LogP) is 4.34. The molecule has 1 heterocycles. The lowest BCUT2D eigenvalue weighted by atomic mass is 9.98. The smallest absolute Gasteiger partial charge is 0.354 e. The zero-order valence-corrected chi connectivity index (χ0v) is 13.7. The van der Waals surface area contributed by atoms with Gasteiger partial charge >= 0.3 is 5.97 Å². The highest BCUT2D eigenvalue weighted by Crippen LogP contribution is 2.23. The summed E-state index contributed by atoms with van der Waals surface area (Å²) in [7, 11) is 0. The second-order valence-corrected chi connectivity index (χ2v) is 5.83. The molecule has 4 nitrogen and oxygen atoms in total. The van der Waals surface area contributed by atoms with E-state index in [-0.39, 0.29) is 6.61 Å². The summed E-state index contributed by atoms with van der Waals surface area (Å²) in [5, 5.41) is 0.476. The Morgan fingerprint density at radius 1 is 1.27 bits per heavy atom. The van der Waals surface area contributed by atoms with Gasteiger partial charge in [-0.2, -0.15) is 0 Å². The third-order valence-corrected chi connectivity index (χ3v) is 3.53. The van der Waals surface area contributed by atoms with E-state index in [1.165, 1.54) is 23.4 Å². The Morgan fingerprint density at radius 2 is 2.05 bits per heavy atom. The molecule has 0 saturated heterocycles. The van der Waals surface area contributed by atoms with Gasteiger partial charge in [0.15, 0.2) is 0 Å². The average molecular weight is 322 g/mol. The summed E-state index contributed by atoms with van der Waals surface area (Å²) in [5.74, 6) is 0.824. The van der Waals surface area contributed by atoms with E-state index >= 15 is 0 Å². The van der Waals surface area contributed by atoms with Crippen LogP contribution in [0.2, 0.25) is 5.02 Å². The zero-order valence-electron chi connectivity index (χ0n) is 13.0. The van der Waals surface area contributed by atoms with Gasteiger partial charge in [0.2, 0.25) is 0 Å². The van der Waals surface area contributed by atoms with Crippen molar-refractivity contribution in [2.24, 2.45) is 0 Å². The fraction of sp³-hybridized carbons (Fsp3) is 0.353. The molecule has 0 saturated carbocycles. The second kappa shape index (κ2) is 7.36. The molecule has 0 unspecified atom stereocenters. The molecule has 0 bridgehead atoms. The van der Waals surface area contributed by atoms with Crippen LogP contribution in [-0.2, 0) is 4.74 Å². The van der Waals surface area contributed by atoms with Gasteiger partial charge in [-0.3, -0.25) is 0 Å². The Bertz CT molecular complexity index is 649. The van der Waals surface area contributed by atoms with Crippen LogP contribution in [0.4, 0.5) is 0 Å². The normalized spacial score (nSPS) is 10.8. The van der Waals surface area contributed by atoms with Gasteiger partial charge in [0.05, 0.1) is 5.02 Å². The predicted molar refractivity (Wildman–Crippen MR) is 86.8 cm³/mol. The monoisotopic (exact) mass is 321 g/mol. The number of benzene rings is 1. The minimum absolute atomic E-state index is 0.181. The molecule has 118 valence electrons. The maximum absolute atomic E-state index is 11.7. The molecule has 2 aromatic rings. The van der Waals surface area contributed by atoms with E-state index in [0.29, 0.717) is 23.2 Å². The van der Waals surface area contributed by atoms with Gasteiger partial charge in [-0.05, 0) is 42.2 Å². The molecule has 5 heteroatoms. The van der Waals surface area contributed by atoms with Crippen molar-refractivity contribution < 1.29 is 14.3 Å². The summed E-state index contributed by atoms with van der Waals surface area (Å²) >= 11 is 5.73. The first-order chi connectivity index (χ1) is 10.5. The average Bonchev–Trinajstić information content (AvgIpc) is 2.90. The quantitative estimate of drug-likeness (QED) is 0.636. The molecule has 0 aliphatic rings. The molecule has 2 rings (SSSR count). The van der Waals surface area contributed by atoms with Crippen LogP contribution in [0.15, 0.2) is 30.5 Å². The number of ether oxygens (including phenoxy) is 2. The summed E-state index contributed by atoms with van der Waals surface area (Å²) in [6.07, 6.45) is 1.54. The Balaban J connectivity index is 1.79. The van der Waals surface area contributed by atoms with E-state index in [0.717, 1.165) is 5.75 Å². The highest BCUT2D eigenvalue weighted by Gasteiger charge is 2.09. The first-order valence-corrected chi connectivity index (χ1v) is 7.59. The van der Waals surface area contributed by atoms with Crippen molar-refractivity contribution in [2.45, 2.75) is 26.7 Å². The summed E-state index contributed by atoms with van der Waals surface area (Å²) in [4.78, 5) is 14.4. The van der Waals surface area contributed by atoms with E-state index in [4.69, 9.17) is 21.1 Å². The van der Waals surface area contributed by atoms with E-state index in [1.54, 1.807) is 0 Å². The van der Waals surface area contributed by atoms with Gasteiger partial charge in [0, 0.05) is 6.20 Å². The van der Waals surface area contributed by atoms with Crippen LogP contribution in [0.25, 0.3) is 0 Å². The Hall–Kier alpha value is -1.94. The first-order valence-electron chi connectivity index (χ1n) is 7.21. The van der Waals surface area contributed by atoms with Gasteiger partial charge in [-0.15, -0.1) is 0 Å². The molecule has 0 aliphatic carbocycles. The van der Waals surface area contributed by atoms with E-state index in [2.05, 4.69) is 31.8 Å². The lowest BCUT2D eigenvalue weighted by Gasteiger charge is -2.12. The number of esters is 1. The SMILES string of the molecule is Cc1cc(OCCOC(=O)c2cc(Cl)c[nH]2)ccc1C(C)C. The summed E-state index contributed by atoms with van der Waals surface area (Å²) in [6.45, 7) is 6.88. The minimum atomic E-state index is -0.443. The molecule has 0 amide bonds. The molecule has 0 radical (unpaired) electrons. The number of aromatic nitrogens is 1. The van der Waals surface area contributed by atoms with Crippen molar-refractivity contribution in [2.75, 3.05) is 13.2 Å². The third kappa shape index (κ3) is 4.28. The molecule has 0 spiro atoms. The lowest BCUT2D eigenvalue weighted by Crippen LogP contribution is -2.12. The molecule has 0 aliphatic heterocycles. The van der Waals surface area contributed by atoms with E-state index < -0.39 is 5.97 Å². The molecule has 1 aromatic heterocycles. The molecule has 0 atom stereocenters. The maximum Gasteiger partial charge on any atom is 0.354 e. The second-order valence-electron chi connectivity index (χ2n) is 5.39. The lowest BCUT2D eigenvalue weighted by molar-refractivity contribution is 0.0444. The fourth-order valence-electron chi connectivity index (χ4n) is 2.24. The van der Waals surface area contributed by atoms with Crippen molar-refractivity contribution in [3.8, 4) is 5.75 Å². The van der Waals surface area contributed by atoms with Gasteiger partial charge < -0.3 is 14.5 Å². The number of halogens is 1. The summed E-state index contributed by atoms with van der Waals surface area (Å²) < 4.78 is 10.7. The van der Waals surface area contributed by atoms with Crippen LogP contribution in [-0.4, -0.2) is 24.2 Å². The van der Waals surface area contributed by atoms with Crippen LogP contribution < -0.4 is 4.74 Å². The van der Waals surface area contributed by atoms with Crippen LogP contribution in [0, 0.1) is 6.92 Å². The Kier molecular flexibility index (Phi) is 5.50. The Morgan fingerprint density at radius 3 is 2.64 bits per heavy atom. The van der Waals surface area contributed by atoms with Crippen molar-refractivity contribution in [1.29, 1.82) is 0 Å². The minimum Gasteiger partial charge on any atom is -0.490 e. The summed E-state index contributed by atoms with van der Waals surface area (Å²) in [5.41, 5.74) is 2.84. The van der Waals surface area contributed by atoms with Crippen molar-refractivity contribution in [3.63, 3.8) is 0 Å². The van der Waals surface area contributed by atoms with Crippen LogP contribution in [0.3, 0.4) is 0 Å². The number of aromatic amines is 1. The number of aryl methyl sites for hydroxylation is 1. The highest BCUT2D eigenvalue weighted by molar-refractivity contribution is 6.30. The van der Waals surface area contributed by atoms with Crippen molar-refractivity contribution >= 4 is 17.6 Å². The number of carbonyl (C=O) groups is 1. The highest BCUT2D eigenvalue weighted by atomic mass is 35.5. The zero-order chi connectivity index (χ0) is 16.1. The van der Waals surface area contributed by atoms with Crippen LogP contribution in [0.5, 0.6) is 5.75 Å². The van der Waals surface area contributed by atoms with Gasteiger partial charge in [0.25, 0.3) is 0 Å². The number of carbonyl (C=O) groups excluding carboxylic acids is 1. The molecular formula is C17H20ClNO3. The summed E-state index contributed by atoms with van der Waals surface area (Å²) in [6, 6.07) is 7.54. The molecule has 22 heavy (non-hydrogen) atoms. The van der Waals surface area contributed by atoms with Gasteiger partial charge in [0.1, 0.15) is 24.7 Å². The van der Waals surface area contributed by atoms with Gasteiger partial charge in [-0.1, -0.05) is 31.5 Å². The van der Waals surface area contributed by atoms with Crippen molar-refractivity contribution in [1.82, 2.24) is 4.98 Å². The molecule has 0 fully saturated rings. The maximum atomic E-state index is 11.7. The number of nitrogens with one attached hydrogen (secondary N) is 1. The molecule has 1 N–H and O–H groups in total. The Labute approximate surface area is 135 Å². The number of H-pyrrole nitrogens is 1. The van der Waals surface area contributed by atoms with Crippen molar-refractivity contribution in [3.05, 3.63) is 52.3 Å². The van der Waals surface area contributed by atoms with Crippen LogP contribution >= 0.6 is 11.6 Å². The molecular weight excluding hydrogens is 302 g/mol. The number of rotatable bonds is 6. The first kappa shape index (κ1) is 16.4. The standard InChI is InChI=1S/C17H20ClNO3/c1-11(2)15-5-4-14(8-12(15)3)21-6-7-22-17(20)16-9-13(18)10-19-16/h4-5,8-11,19H,6-7H2,1-3H3. The fourth-order valence-corrected chi connectivity index (χ4v) is 2.41. The van der Waals surface area contributed by atoms with Crippen LogP contribution in [0.1, 0.15) is 41.4 Å². The largest absolute Gasteiger partial charge is 0.490 e. The topological polar surface area (TPSA) is 51.3 Å². The molecule has 1 aromatic carbocycles. The van der Waals surface area contributed by atoms with Gasteiger partial charge in [-0.25, -0.2) is 4.79 Å².